The van der Waals surface area contributed by atoms with E-state index in [0.717, 1.165) is 54.5 Å². The minimum absolute atomic E-state index is 0.0378. The summed E-state index contributed by atoms with van der Waals surface area (Å²) in [5.41, 5.74) is 3.03. The van der Waals surface area contributed by atoms with Crippen molar-refractivity contribution in [3.8, 4) is 5.75 Å². The summed E-state index contributed by atoms with van der Waals surface area (Å²) in [5, 5.41) is -0.166. The summed E-state index contributed by atoms with van der Waals surface area (Å²) in [6.45, 7) is 5.14. The fourth-order valence-corrected chi connectivity index (χ4v) is 8.81. The number of carbonyl (C=O) groups excluding carboxylic acids is 1. The first kappa shape index (κ1) is 34.4. The summed E-state index contributed by atoms with van der Waals surface area (Å²) in [4.78, 5) is 19.7. The molecule has 48 heavy (non-hydrogen) atoms. The van der Waals surface area contributed by atoms with Gasteiger partial charge < -0.3 is 14.4 Å². The van der Waals surface area contributed by atoms with Gasteiger partial charge in [-0.15, -0.1) is 0 Å². The molecule has 0 unspecified atom stereocenters. The molecule has 3 aliphatic rings. The van der Waals surface area contributed by atoms with Crippen LogP contribution in [0.3, 0.4) is 0 Å². The Hall–Kier alpha value is -3.47. The first-order chi connectivity index (χ1) is 23.0. The lowest BCUT2D eigenvalue weighted by molar-refractivity contribution is -0.0805. The molecule has 8 nitrogen and oxygen atoms in total. The van der Waals surface area contributed by atoms with Crippen molar-refractivity contribution in [2.75, 3.05) is 25.1 Å². The molecule has 0 saturated heterocycles. The Kier molecular flexibility index (Phi) is 10.2. The molecule has 1 aliphatic carbocycles. The van der Waals surface area contributed by atoms with Gasteiger partial charge >= 0.3 is 0 Å². The minimum Gasteiger partial charge on any atom is -0.487 e. The Bertz CT molecular complexity index is 1790. The molecule has 2 bridgehead atoms. The monoisotopic (exact) mass is 695 g/mol. The van der Waals surface area contributed by atoms with Crippen molar-refractivity contribution in [1.82, 2.24) is 9.71 Å². The van der Waals surface area contributed by atoms with Crippen molar-refractivity contribution in [1.29, 1.82) is 0 Å². The van der Waals surface area contributed by atoms with Gasteiger partial charge in [0.25, 0.3) is 5.91 Å². The molecule has 1 N–H and O–H groups in total. The number of benzene rings is 2. The number of methoxy groups -OCH3 is 1. The lowest BCUT2D eigenvalue weighted by atomic mass is 9.62. The predicted octanol–water partition coefficient (Wildman–Crippen LogP) is 7.21. The van der Waals surface area contributed by atoms with E-state index in [2.05, 4.69) is 14.6 Å². The van der Waals surface area contributed by atoms with Crippen molar-refractivity contribution in [3.05, 3.63) is 100 Å². The van der Waals surface area contributed by atoms with Crippen LogP contribution in [0.1, 0.15) is 73.0 Å². The van der Waals surface area contributed by atoms with E-state index < -0.39 is 32.7 Å². The summed E-state index contributed by atoms with van der Waals surface area (Å²) in [6.07, 6.45) is 10.4. The Morgan fingerprint density at radius 3 is 2.65 bits per heavy atom. The number of sulfonamides is 1. The average molecular weight is 696 g/mol. The maximum absolute atomic E-state index is 14.0. The van der Waals surface area contributed by atoms with Crippen molar-refractivity contribution in [2.45, 2.75) is 69.8 Å². The number of rotatable bonds is 2. The third-order valence-electron chi connectivity index (χ3n) is 10.6. The molecule has 1 saturated carbocycles. The van der Waals surface area contributed by atoms with Crippen LogP contribution in [0.25, 0.3) is 0 Å². The quantitative estimate of drug-likeness (QED) is 0.224. The molecular weight excluding hydrogens is 653 g/mol. The maximum atomic E-state index is 14.0. The van der Waals surface area contributed by atoms with Crippen LogP contribution in [-0.2, 0) is 33.4 Å². The normalized spacial score (nSPS) is 28.4. The molecular formula is C37H43ClFN3O5S. The van der Waals surface area contributed by atoms with Crippen LogP contribution >= 0.6 is 11.6 Å². The number of aromatic nitrogens is 1. The number of anilines is 1. The number of allylic oxidation sites excluding steroid dienone is 1. The summed E-state index contributed by atoms with van der Waals surface area (Å²) in [6, 6.07) is 14.1. The van der Waals surface area contributed by atoms with Crippen LogP contribution in [0.2, 0.25) is 5.02 Å². The molecule has 3 heterocycles. The van der Waals surface area contributed by atoms with Crippen LogP contribution in [-0.4, -0.2) is 44.8 Å². The lowest BCUT2D eigenvalue weighted by Crippen LogP contribution is -2.49. The van der Waals surface area contributed by atoms with Gasteiger partial charge in [-0.1, -0.05) is 36.7 Å². The second-order valence-corrected chi connectivity index (χ2v) is 15.9. The van der Waals surface area contributed by atoms with Crippen molar-refractivity contribution in [3.63, 3.8) is 0 Å². The number of amides is 1. The molecule has 1 fully saturated rings. The molecule has 5 atom stereocenters. The molecule has 256 valence electrons. The highest BCUT2D eigenvalue weighted by atomic mass is 35.5. The van der Waals surface area contributed by atoms with Crippen LogP contribution < -0.4 is 14.4 Å². The SMILES string of the molecule is CO[C@@]1(c2ccc(F)nc2)/C=C/C[C@H](C)[C@@H](C)S(=O)(=O)NC(=O)c2ccc3c(c2)N(CCCCc2cc(Cl)ccc2CO3)C[C@@H]2CC[C@H]21. The number of nitrogens with zero attached hydrogens (tertiary/aromatic N) is 2. The Labute approximate surface area is 287 Å². The number of nitrogens with one attached hydrogen (secondary N) is 1. The first-order valence-electron chi connectivity index (χ1n) is 16.7. The number of aryl methyl sites for hydroxylation is 1. The van der Waals surface area contributed by atoms with Crippen LogP contribution in [0.4, 0.5) is 10.1 Å². The number of fused-ring (bicyclic) bond motifs is 3. The van der Waals surface area contributed by atoms with E-state index in [-0.39, 0.29) is 23.3 Å². The molecule has 1 amide bonds. The number of pyridine rings is 1. The fourth-order valence-electron chi connectivity index (χ4n) is 7.33. The van der Waals surface area contributed by atoms with E-state index in [0.29, 0.717) is 36.9 Å². The van der Waals surface area contributed by atoms with E-state index in [1.165, 1.54) is 12.3 Å². The van der Waals surface area contributed by atoms with Crippen LogP contribution in [0.15, 0.2) is 66.9 Å². The molecule has 2 aliphatic heterocycles. The smallest absolute Gasteiger partial charge is 0.264 e. The molecule has 2 aromatic carbocycles. The number of hydrogen-bond acceptors (Lipinski definition) is 7. The van der Waals surface area contributed by atoms with Crippen molar-refractivity contribution in [2.24, 2.45) is 17.8 Å². The highest BCUT2D eigenvalue weighted by Crippen LogP contribution is 2.50. The Morgan fingerprint density at radius 2 is 1.92 bits per heavy atom. The van der Waals surface area contributed by atoms with E-state index in [4.69, 9.17) is 21.1 Å². The lowest BCUT2D eigenvalue weighted by Gasteiger charge is -2.50. The van der Waals surface area contributed by atoms with Gasteiger partial charge in [0, 0.05) is 48.5 Å². The highest BCUT2D eigenvalue weighted by molar-refractivity contribution is 7.90. The predicted molar refractivity (Wildman–Crippen MR) is 185 cm³/mol. The summed E-state index contributed by atoms with van der Waals surface area (Å²) in [5.74, 6) is -0.713. The first-order valence-corrected chi connectivity index (χ1v) is 18.6. The second-order valence-electron chi connectivity index (χ2n) is 13.4. The highest BCUT2D eigenvalue weighted by Gasteiger charge is 2.48. The topological polar surface area (TPSA) is 97.8 Å². The van der Waals surface area contributed by atoms with Gasteiger partial charge in [0.1, 0.15) is 18.0 Å². The fraction of sp³-hybridized carbons (Fsp3) is 0.459. The third kappa shape index (κ3) is 6.98. The largest absolute Gasteiger partial charge is 0.487 e. The number of carbonyl (C=O) groups is 1. The molecule has 0 spiro atoms. The van der Waals surface area contributed by atoms with Gasteiger partial charge in [-0.05, 0) is 111 Å². The number of halogens is 2. The van der Waals surface area contributed by atoms with E-state index >= 15 is 0 Å². The van der Waals surface area contributed by atoms with Gasteiger partial charge in [0.15, 0.2) is 0 Å². The van der Waals surface area contributed by atoms with E-state index in [1.54, 1.807) is 38.3 Å². The van der Waals surface area contributed by atoms with Gasteiger partial charge in [0.05, 0.1) is 10.9 Å². The Morgan fingerprint density at radius 1 is 1.08 bits per heavy atom. The van der Waals surface area contributed by atoms with Crippen molar-refractivity contribution < 1.29 is 27.1 Å². The summed E-state index contributed by atoms with van der Waals surface area (Å²) in [7, 11) is -2.34. The summed E-state index contributed by atoms with van der Waals surface area (Å²) >= 11 is 6.35. The van der Waals surface area contributed by atoms with Gasteiger partial charge in [-0.2, -0.15) is 4.39 Å². The Balaban J connectivity index is 1.45. The van der Waals surface area contributed by atoms with Crippen LogP contribution in [0, 0.1) is 23.7 Å². The zero-order valence-electron chi connectivity index (χ0n) is 27.6. The number of ether oxygens (including phenoxy) is 2. The summed E-state index contributed by atoms with van der Waals surface area (Å²) < 4.78 is 56.1. The minimum atomic E-state index is -4.01. The van der Waals surface area contributed by atoms with Gasteiger partial charge in [-0.3, -0.25) is 4.79 Å². The molecule has 11 heteroatoms. The van der Waals surface area contributed by atoms with Gasteiger partial charge in [0.2, 0.25) is 16.0 Å². The van der Waals surface area contributed by atoms with E-state index in [9.17, 15) is 17.6 Å². The average Bonchev–Trinajstić information content (AvgIpc) is 3.08. The molecule has 0 radical (unpaired) electrons. The third-order valence-corrected chi connectivity index (χ3v) is 12.7. The van der Waals surface area contributed by atoms with Crippen molar-refractivity contribution >= 4 is 33.2 Å². The van der Waals surface area contributed by atoms with E-state index in [1.807, 2.05) is 37.3 Å². The zero-order chi connectivity index (χ0) is 34.1. The maximum Gasteiger partial charge on any atom is 0.264 e. The number of hydrogen-bond donors (Lipinski definition) is 1. The second kappa shape index (κ2) is 14.2. The molecule has 6 rings (SSSR count). The molecule has 3 aromatic rings. The molecule has 1 aromatic heterocycles. The van der Waals surface area contributed by atoms with Gasteiger partial charge in [-0.25, -0.2) is 18.1 Å². The zero-order valence-corrected chi connectivity index (χ0v) is 29.2. The van der Waals surface area contributed by atoms with Crippen LogP contribution in [0.5, 0.6) is 5.75 Å². The standard InChI is InChI=1S/C37H43ClFN3O5S/c1-24-7-6-17-37(46-3,30-12-16-35(39)40-21-30)32-14-10-28(32)22-42-18-5-4-8-26-19-31(38)13-9-29(26)23-47-34-15-11-27(20-33(34)42)36(43)41-48(44,45)25(24)2/h6,9,11-13,15-17,19-21,24-25,28,32H,4-5,7-8,10,14,18,22-23H2,1-3H3,(H,41,43)/b17-6+/t24-,25+,28-,32+,37+/m0/s1.